The summed E-state index contributed by atoms with van der Waals surface area (Å²) < 4.78 is 63.6. The summed E-state index contributed by atoms with van der Waals surface area (Å²) in [7, 11) is -9.12. The van der Waals surface area contributed by atoms with Gasteiger partial charge in [0.05, 0.1) is 10.6 Å². The maximum Gasteiger partial charge on any atom is 0.294 e. The van der Waals surface area contributed by atoms with Crippen molar-refractivity contribution in [2.75, 3.05) is 0 Å². The molecule has 3 N–H and O–H groups in total. The lowest BCUT2D eigenvalue weighted by atomic mass is 10.1. The summed E-state index contributed by atoms with van der Waals surface area (Å²) in [6, 6.07) is 5.90. The van der Waals surface area contributed by atoms with Crippen LogP contribution < -0.4 is 5.56 Å². The molecule has 1 aromatic carbocycles. The number of hydrogen-bond acceptors (Lipinski definition) is 9. The zero-order valence-corrected chi connectivity index (χ0v) is 16.3. The van der Waals surface area contributed by atoms with Crippen molar-refractivity contribution in [2.45, 2.75) is 24.1 Å². The summed E-state index contributed by atoms with van der Waals surface area (Å²) in [4.78, 5) is 11.9. The molecule has 14 heteroatoms. The quantitative estimate of drug-likeness (QED) is 0.438. The first kappa shape index (κ1) is 22.2. The van der Waals surface area contributed by atoms with Crippen LogP contribution in [-0.2, 0) is 32.5 Å². The molecule has 0 saturated carbocycles. The van der Waals surface area contributed by atoms with Crippen molar-refractivity contribution in [3.05, 3.63) is 45.7 Å². The Balaban J connectivity index is 2.68. The number of pyridine rings is 1. The van der Waals surface area contributed by atoms with Crippen molar-refractivity contribution in [2.24, 2.45) is 10.2 Å². The number of aromatic nitrogens is 1. The maximum atomic E-state index is 12.3. The van der Waals surface area contributed by atoms with Crippen LogP contribution in [0.15, 0.2) is 44.2 Å². The van der Waals surface area contributed by atoms with Crippen LogP contribution in [0.4, 0.5) is 11.4 Å². The molecule has 2 rings (SSSR count). The molecule has 0 radical (unpaired) electrons. The fourth-order valence-electron chi connectivity index (χ4n) is 2.37. The third kappa shape index (κ3) is 5.03. The second-order valence-electron chi connectivity index (χ2n) is 5.58. The molecule has 0 aliphatic rings. The summed E-state index contributed by atoms with van der Waals surface area (Å²) in [5, 5.41) is 27.0. The van der Waals surface area contributed by atoms with E-state index in [2.05, 4.69) is 10.2 Å². The summed E-state index contributed by atoms with van der Waals surface area (Å²) in [5.74, 6) is -1.94. The molecule has 0 bridgehead atoms. The SMILES string of the molecule is CCn1c(O)c(N=Nc2ccc(S(=O)(=O)O)cc2)c(CS(=O)(=O)O)c(C#N)c1=O. The summed E-state index contributed by atoms with van der Waals surface area (Å²) in [5.41, 5.74) is -2.64. The standard InChI is InChI=1S/C15H14N4O8S2/c1-2-19-14(20)11(7-16)12(8-28(22,23)24)13(15(19)21)18-17-9-3-5-10(6-4-9)29(25,26)27/h3-6,21H,2,8H2,1H3,(H,22,23,24)(H,25,26,27). The van der Waals surface area contributed by atoms with E-state index in [1.165, 1.54) is 13.0 Å². The average Bonchev–Trinajstić information content (AvgIpc) is 2.60. The molecule has 154 valence electrons. The molecular formula is C15H14N4O8S2. The van der Waals surface area contributed by atoms with Gasteiger partial charge >= 0.3 is 0 Å². The number of benzene rings is 1. The fraction of sp³-hybridized carbons (Fsp3) is 0.200. The van der Waals surface area contributed by atoms with Gasteiger partial charge in [-0.15, -0.1) is 5.11 Å². The molecular weight excluding hydrogens is 428 g/mol. The largest absolute Gasteiger partial charge is 0.493 e. The van der Waals surface area contributed by atoms with Crippen LogP contribution in [0.2, 0.25) is 0 Å². The number of nitrogens with zero attached hydrogens (tertiary/aromatic N) is 4. The summed E-state index contributed by atoms with van der Waals surface area (Å²) >= 11 is 0. The van der Waals surface area contributed by atoms with E-state index in [9.17, 15) is 32.0 Å². The Morgan fingerprint density at radius 1 is 1.10 bits per heavy atom. The van der Waals surface area contributed by atoms with Gasteiger partial charge in [0.25, 0.3) is 25.8 Å². The van der Waals surface area contributed by atoms with E-state index in [4.69, 9.17) is 9.11 Å². The molecule has 0 fully saturated rings. The topological polar surface area (TPSA) is 199 Å². The van der Waals surface area contributed by atoms with Crippen LogP contribution in [0.5, 0.6) is 5.88 Å². The van der Waals surface area contributed by atoms with E-state index in [0.29, 0.717) is 0 Å². The maximum absolute atomic E-state index is 12.3. The molecule has 0 amide bonds. The van der Waals surface area contributed by atoms with E-state index >= 15 is 0 Å². The highest BCUT2D eigenvalue weighted by Gasteiger charge is 2.24. The van der Waals surface area contributed by atoms with E-state index in [1.54, 1.807) is 0 Å². The van der Waals surface area contributed by atoms with Crippen LogP contribution in [-0.4, -0.2) is 35.6 Å². The van der Waals surface area contributed by atoms with E-state index in [0.717, 1.165) is 28.8 Å². The second-order valence-corrected chi connectivity index (χ2v) is 8.46. The Labute approximate surface area is 164 Å². The van der Waals surface area contributed by atoms with Crippen LogP contribution in [0.3, 0.4) is 0 Å². The van der Waals surface area contributed by atoms with Crippen LogP contribution >= 0.6 is 0 Å². The third-order valence-electron chi connectivity index (χ3n) is 3.67. The Hall–Kier alpha value is -3.12. The predicted octanol–water partition coefficient (Wildman–Crippen LogP) is 1.50. The van der Waals surface area contributed by atoms with Gasteiger partial charge < -0.3 is 5.11 Å². The number of azo groups is 1. The molecule has 0 spiro atoms. The smallest absolute Gasteiger partial charge is 0.294 e. The highest BCUT2D eigenvalue weighted by Crippen LogP contribution is 2.34. The number of aromatic hydroxyl groups is 1. The molecule has 1 aromatic heterocycles. The zero-order chi connectivity index (χ0) is 22.0. The van der Waals surface area contributed by atoms with Crippen molar-refractivity contribution in [1.82, 2.24) is 4.57 Å². The highest BCUT2D eigenvalue weighted by molar-refractivity contribution is 7.85. The van der Waals surface area contributed by atoms with E-state index < -0.39 is 59.1 Å². The molecule has 0 aliphatic carbocycles. The molecule has 0 atom stereocenters. The van der Waals surface area contributed by atoms with E-state index in [-0.39, 0.29) is 12.2 Å². The molecule has 0 aliphatic heterocycles. The van der Waals surface area contributed by atoms with Gasteiger partial charge in [-0.05, 0) is 31.2 Å². The Bertz CT molecular complexity index is 1290. The van der Waals surface area contributed by atoms with Gasteiger partial charge in [-0.2, -0.15) is 27.2 Å². The van der Waals surface area contributed by atoms with Crippen LogP contribution in [0.25, 0.3) is 0 Å². The molecule has 0 saturated heterocycles. The normalized spacial score (nSPS) is 12.2. The van der Waals surface area contributed by atoms with Crippen molar-refractivity contribution in [3.8, 4) is 11.9 Å². The number of hydrogen-bond donors (Lipinski definition) is 3. The minimum absolute atomic E-state index is 0.0439. The van der Waals surface area contributed by atoms with Gasteiger partial charge in [0, 0.05) is 12.1 Å². The first-order valence-corrected chi connectivity index (χ1v) is 10.8. The summed E-state index contributed by atoms with van der Waals surface area (Å²) in [6.45, 7) is 1.41. The Kier molecular flexibility index (Phi) is 6.18. The second kappa shape index (κ2) is 8.09. The average molecular weight is 442 g/mol. The van der Waals surface area contributed by atoms with Gasteiger partial charge in [0.2, 0.25) is 5.88 Å². The molecule has 1 heterocycles. The van der Waals surface area contributed by atoms with Crippen molar-refractivity contribution < 1.29 is 31.0 Å². The first-order chi connectivity index (χ1) is 13.4. The lowest BCUT2D eigenvalue weighted by Gasteiger charge is -2.12. The molecule has 29 heavy (non-hydrogen) atoms. The van der Waals surface area contributed by atoms with Crippen molar-refractivity contribution in [3.63, 3.8) is 0 Å². The highest BCUT2D eigenvalue weighted by atomic mass is 32.2. The first-order valence-electron chi connectivity index (χ1n) is 7.72. The molecule has 0 unspecified atom stereocenters. The minimum Gasteiger partial charge on any atom is -0.493 e. The Morgan fingerprint density at radius 2 is 1.69 bits per heavy atom. The van der Waals surface area contributed by atoms with Gasteiger partial charge in [-0.3, -0.25) is 18.5 Å². The Morgan fingerprint density at radius 3 is 2.14 bits per heavy atom. The number of nitriles is 1. The zero-order valence-electron chi connectivity index (χ0n) is 14.7. The van der Waals surface area contributed by atoms with Crippen LogP contribution in [0, 0.1) is 11.3 Å². The lowest BCUT2D eigenvalue weighted by molar-refractivity contribution is 0.411. The molecule has 12 nitrogen and oxygen atoms in total. The predicted molar refractivity (Wildman–Crippen MR) is 98.4 cm³/mol. The molecule has 2 aromatic rings. The van der Waals surface area contributed by atoms with Crippen molar-refractivity contribution in [1.29, 1.82) is 5.26 Å². The van der Waals surface area contributed by atoms with Gasteiger partial charge in [-0.25, -0.2) is 0 Å². The third-order valence-corrected chi connectivity index (χ3v) is 5.19. The summed E-state index contributed by atoms with van der Waals surface area (Å²) in [6.07, 6.45) is 0. The minimum atomic E-state index is -4.70. The van der Waals surface area contributed by atoms with Gasteiger partial charge in [0.15, 0.2) is 5.69 Å². The van der Waals surface area contributed by atoms with Crippen molar-refractivity contribution >= 4 is 31.6 Å². The van der Waals surface area contributed by atoms with Gasteiger partial charge in [0.1, 0.15) is 17.4 Å². The lowest BCUT2D eigenvalue weighted by Crippen LogP contribution is -2.24. The fourth-order valence-corrected chi connectivity index (χ4v) is 3.50. The number of rotatable bonds is 6. The van der Waals surface area contributed by atoms with Crippen LogP contribution in [0.1, 0.15) is 18.1 Å². The van der Waals surface area contributed by atoms with Gasteiger partial charge in [-0.1, -0.05) is 0 Å². The monoisotopic (exact) mass is 442 g/mol. The van der Waals surface area contributed by atoms with E-state index in [1.807, 2.05) is 0 Å².